The second-order valence-electron chi connectivity index (χ2n) is 18.9. The molecule has 0 spiro atoms. The molecule has 4 heterocycles. The van der Waals surface area contributed by atoms with E-state index in [0.717, 1.165) is 11.4 Å². The smallest absolute Gasteiger partial charge is 0.321 e. The van der Waals surface area contributed by atoms with Crippen LogP contribution in [0.4, 0.5) is 43.7 Å². The van der Waals surface area contributed by atoms with Crippen LogP contribution in [0.3, 0.4) is 0 Å². The van der Waals surface area contributed by atoms with Crippen molar-refractivity contribution in [3.8, 4) is 0 Å². The Morgan fingerprint density at radius 3 is 1.24 bits per heavy atom. The lowest BCUT2D eigenvalue weighted by Gasteiger charge is -2.28. The molecule has 2 aromatic heterocycles. The summed E-state index contributed by atoms with van der Waals surface area (Å²) < 4.78 is 0. The average Bonchev–Trinajstić information content (AvgIpc) is 3.62. The standard InChI is InChI=1S/2C28H30N6O4/c2*1-28(2,17-35)23(36)16-34-22-13-5-4-11-20(22)24(21-12-6-7-14-30-21)32-25(26(34)37)33-27(38)31-19-10-8-9-18(15-19)29-3/h2*4-15,25,29,35H,16-17H2,1-3H3,(H2,31,33,38)/t2*25-/m10/s1. The molecule has 392 valence electrons. The van der Waals surface area contributed by atoms with Crippen LogP contribution in [0.25, 0.3) is 0 Å². The normalized spacial score (nSPS) is 15.2. The quantitative estimate of drug-likeness (QED) is 0.0548. The van der Waals surface area contributed by atoms with E-state index in [1.54, 1.807) is 176 Å². The van der Waals surface area contributed by atoms with Crippen LogP contribution in [0.15, 0.2) is 156 Å². The Morgan fingerprint density at radius 1 is 0.513 bits per heavy atom. The van der Waals surface area contributed by atoms with Crippen LogP contribution in [-0.4, -0.2) is 120 Å². The van der Waals surface area contributed by atoms with E-state index in [0.29, 0.717) is 56.7 Å². The highest BCUT2D eigenvalue weighted by Gasteiger charge is 2.39. The lowest BCUT2D eigenvalue weighted by Crippen LogP contribution is -2.51. The zero-order chi connectivity index (χ0) is 54.6. The van der Waals surface area contributed by atoms with E-state index in [9.17, 15) is 39.0 Å². The molecule has 8 N–H and O–H groups in total. The maximum atomic E-state index is 13.9. The first-order chi connectivity index (χ1) is 36.5. The average molecular weight is 1030 g/mol. The summed E-state index contributed by atoms with van der Waals surface area (Å²) >= 11 is 0. The van der Waals surface area contributed by atoms with Gasteiger partial charge in [0.15, 0.2) is 11.6 Å². The Hall–Kier alpha value is -9.14. The van der Waals surface area contributed by atoms with Gasteiger partial charge in [-0.2, -0.15) is 0 Å². The Balaban J connectivity index is 0.000000221. The maximum absolute atomic E-state index is 13.9. The molecule has 20 heteroatoms. The summed E-state index contributed by atoms with van der Waals surface area (Å²) in [6.07, 6.45) is 0.526. The summed E-state index contributed by atoms with van der Waals surface area (Å²) in [6, 6.07) is 37.7. The van der Waals surface area contributed by atoms with Gasteiger partial charge in [-0.05, 0) is 72.8 Å². The molecule has 6 aromatic rings. The number of anilines is 6. The topological polar surface area (TPSA) is 272 Å². The molecule has 0 aliphatic carbocycles. The first-order valence-electron chi connectivity index (χ1n) is 24.3. The molecule has 2 aliphatic rings. The number of rotatable bonds is 16. The molecule has 0 saturated carbocycles. The summed E-state index contributed by atoms with van der Waals surface area (Å²) in [5, 5.41) is 36.2. The molecule has 6 amide bonds. The van der Waals surface area contributed by atoms with Crippen LogP contribution in [0, 0.1) is 10.8 Å². The van der Waals surface area contributed by atoms with Gasteiger partial charge in [-0.15, -0.1) is 0 Å². The van der Waals surface area contributed by atoms with Crippen LogP contribution >= 0.6 is 0 Å². The molecule has 0 radical (unpaired) electrons. The number of carbonyl (C=O) groups excluding carboxylic acids is 6. The molecule has 0 bridgehead atoms. The Bertz CT molecular complexity index is 2960. The summed E-state index contributed by atoms with van der Waals surface area (Å²) in [7, 11) is 3.53. The third-order valence-electron chi connectivity index (χ3n) is 12.5. The van der Waals surface area contributed by atoms with E-state index in [1.807, 2.05) is 12.1 Å². The predicted molar refractivity (Wildman–Crippen MR) is 293 cm³/mol. The highest BCUT2D eigenvalue weighted by molar-refractivity contribution is 6.21. The molecule has 8 rings (SSSR count). The minimum absolute atomic E-state index is 0.307. The van der Waals surface area contributed by atoms with Gasteiger partial charge < -0.3 is 51.9 Å². The van der Waals surface area contributed by atoms with Crippen LogP contribution in [0.5, 0.6) is 0 Å². The fourth-order valence-corrected chi connectivity index (χ4v) is 7.77. The summed E-state index contributed by atoms with van der Waals surface area (Å²) in [5.41, 5.74) is 4.39. The van der Waals surface area contributed by atoms with E-state index >= 15 is 0 Å². The van der Waals surface area contributed by atoms with Crippen molar-refractivity contribution in [2.45, 2.75) is 40.0 Å². The number of nitrogens with zero attached hydrogens (tertiary/aromatic N) is 6. The van der Waals surface area contributed by atoms with E-state index in [-0.39, 0.29) is 37.9 Å². The van der Waals surface area contributed by atoms with Crippen LogP contribution in [0.2, 0.25) is 0 Å². The van der Waals surface area contributed by atoms with Gasteiger partial charge in [0.05, 0.1) is 60.5 Å². The number of amides is 6. The molecular formula is C56H60N12O8. The van der Waals surface area contributed by atoms with Crippen LogP contribution in [0.1, 0.15) is 50.2 Å². The number of benzodiazepines with no additional fused rings is 2. The van der Waals surface area contributed by atoms with E-state index in [1.165, 1.54) is 9.80 Å². The van der Waals surface area contributed by atoms with Gasteiger partial charge in [0.2, 0.25) is 12.3 Å². The highest BCUT2D eigenvalue weighted by atomic mass is 16.3. The van der Waals surface area contributed by atoms with Crippen molar-refractivity contribution in [3.05, 3.63) is 168 Å². The van der Waals surface area contributed by atoms with Crippen molar-refractivity contribution < 1.29 is 39.0 Å². The number of benzene rings is 4. The van der Waals surface area contributed by atoms with Gasteiger partial charge in [-0.1, -0.05) is 88.4 Å². The number of ketones is 2. The minimum Gasteiger partial charge on any atom is -0.395 e. The largest absolute Gasteiger partial charge is 0.395 e. The van der Waals surface area contributed by atoms with Crippen LogP contribution in [-0.2, 0) is 19.2 Å². The van der Waals surface area contributed by atoms with Gasteiger partial charge in [-0.3, -0.25) is 29.1 Å². The Morgan fingerprint density at radius 2 is 0.882 bits per heavy atom. The molecule has 0 fully saturated rings. The number of pyridine rings is 2. The number of hydrogen-bond donors (Lipinski definition) is 8. The number of para-hydroxylation sites is 2. The number of hydrogen-bond acceptors (Lipinski definition) is 14. The predicted octanol–water partition coefficient (Wildman–Crippen LogP) is 6.09. The number of nitrogens with one attached hydrogen (secondary N) is 6. The minimum atomic E-state index is -1.35. The number of aliphatic hydroxyl groups is 2. The second kappa shape index (κ2) is 24.3. The SMILES string of the molecule is CNc1cccc(NC(=O)N[C@@H]2N=C(c3ccccn3)c3ccccc3N(CC(=O)C(C)(C)CO)C2=O)c1.CNc1cccc(NC(=O)N[C@H]2N=C(c3ccccn3)c3ccccc3N(CC(=O)C(C)(C)CO)C2=O)c1. The zero-order valence-electron chi connectivity index (χ0n) is 42.9. The van der Waals surface area contributed by atoms with Gasteiger partial charge in [0.1, 0.15) is 0 Å². The number of aromatic nitrogens is 2. The van der Waals surface area contributed by atoms with E-state index < -0.39 is 47.0 Å². The number of aliphatic imine (C=N–C) groups is 2. The number of fused-ring (bicyclic) bond motifs is 2. The monoisotopic (exact) mass is 1030 g/mol. The van der Waals surface area contributed by atoms with E-state index in [4.69, 9.17) is 0 Å². The lowest BCUT2D eigenvalue weighted by molar-refractivity contribution is -0.130. The van der Waals surface area contributed by atoms with Crippen molar-refractivity contribution in [1.82, 2.24) is 20.6 Å². The second-order valence-corrected chi connectivity index (χ2v) is 18.9. The number of aliphatic hydroxyl groups excluding tert-OH is 2. The molecule has 76 heavy (non-hydrogen) atoms. The highest BCUT2D eigenvalue weighted by Crippen LogP contribution is 2.31. The molecule has 2 aliphatic heterocycles. The molecule has 2 atom stereocenters. The van der Waals surface area contributed by atoms with Gasteiger partial charge in [0, 0.05) is 71.2 Å². The molecule has 20 nitrogen and oxygen atoms in total. The first-order valence-corrected chi connectivity index (χ1v) is 24.3. The van der Waals surface area contributed by atoms with Gasteiger partial charge >= 0.3 is 12.1 Å². The molecule has 4 aromatic carbocycles. The van der Waals surface area contributed by atoms with Gasteiger partial charge in [0.25, 0.3) is 11.8 Å². The molecule has 0 saturated heterocycles. The summed E-state index contributed by atoms with van der Waals surface area (Å²) in [6.45, 7) is 5.09. The maximum Gasteiger partial charge on any atom is 0.321 e. The number of carbonyl (C=O) groups is 6. The third kappa shape index (κ3) is 13.0. The molecule has 0 unspecified atom stereocenters. The van der Waals surface area contributed by atoms with Crippen molar-refractivity contribution in [2.24, 2.45) is 20.8 Å². The third-order valence-corrected chi connectivity index (χ3v) is 12.5. The fraction of sp³-hybridized carbons (Fsp3) is 0.250. The Labute approximate surface area is 439 Å². The zero-order valence-corrected chi connectivity index (χ0v) is 42.9. The van der Waals surface area contributed by atoms with Crippen molar-refractivity contribution in [1.29, 1.82) is 0 Å². The molecular weight excluding hydrogens is 969 g/mol. The fourth-order valence-electron chi connectivity index (χ4n) is 7.77. The summed E-state index contributed by atoms with van der Waals surface area (Å²) in [4.78, 5) is 101. The van der Waals surface area contributed by atoms with Crippen molar-refractivity contribution in [3.63, 3.8) is 0 Å². The van der Waals surface area contributed by atoms with E-state index in [2.05, 4.69) is 51.9 Å². The van der Waals surface area contributed by atoms with Crippen LogP contribution < -0.4 is 41.7 Å². The van der Waals surface area contributed by atoms with Gasteiger partial charge in [-0.25, -0.2) is 19.6 Å². The lowest BCUT2D eigenvalue weighted by atomic mass is 9.88. The first kappa shape index (κ1) is 54.6. The number of urea groups is 2. The summed E-state index contributed by atoms with van der Waals surface area (Å²) in [5.74, 6) is -1.86. The number of Topliss-reactive ketones (excluding diaryl/α,β-unsaturated/α-hetero) is 2. The van der Waals surface area contributed by atoms with Crippen molar-refractivity contribution in [2.75, 3.05) is 71.5 Å². The van der Waals surface area contributed by atoms with Crippen molar-refractivity contribution >= 4 is 81.0 Å². The Kier molecular flexibility index (Phi) is 17.4.